The molecule has 1 aromatic heterocycles. The van der Waals surface area contributed by atoms with Crippen LogP contribution in [-0.2, 0) is 0 Å². The number of furan rings is 1. The predicted molar refractivity (Wildman–Crippen MR) is 49.2 cm³/mol. The Balaban J connectivity index is 2.28. The molecule has 1 heterocycles. The van der Waals surface area contributed by atoms with Gasteiger partial charge in [-0.05, 0) is 23.8 Å². The third-order valence-corrected chi connectivity index (χ3v) is 2.04. The molecule has 0 fully saturated rings. The Kier molecular flexibility index (Phi) is 2.33. The van der Waals surface area contributed by atoms with Crippen LogP contribution in [0.2, 0.25) is 0 Å². The summed E-state index contributed by atoms with van der Waals surface area (Å²) in [5.74, 6) is -0.312. The van der Waals surface area contributed by atoms with E-state index in [9.17, 15) is 9.50 Å². The first-order valence-corrected chi connectivity index (χ1v) is 4.23. The minimum atomic E-state index is -0.755. The Labute approximate surface area is 80.6 Å². The minimum Gasteiger partial charge on any atom is -0.472 e. The van der Waals surface area contributed by atoms with Gasteiger partial charge in [0.2, 0.25) is 0 Å². The van der Waals surface area contributed by atoms with Crippen LogP contribution in [0.3, 0.4) is 0 Å². The molecule has 0 radical (unpaired) electrons. The van der Waals surface area contributed by atoms with E-state index in [1.807, 2.05) is 0 Å². The van der Waals surface area contributed by atoms with Gasteiger partial charge in [-0.2, -0.15) is 0 Å². The van der Waals surface area contributed by atoms with E-state index in [2.05, 4.69) is 0 Å². The first-order chi connectivity index (χ1) is 6.77. The van der Waals surface area contributed by atoms with Gasteiger partial charge in [0.25, 0.3) is 0 Å². The van der Waals surface area contributed by atoms with Crippen molar-refractivity contribution in [3.05, 3.63) is 59.8 Å². The van der Waals surface area contributed by atoms with Crippen LogP contribution in [0.25, 0.3) is 0 Å². The molecule has 0 bridgehead atoms. The number of aliphatic hydroxyl groups is 1. The van der Waals surface area contributed by atoms with E-state index < -0.39 is 6.10 Å². The van der Waals surface area contributed by atoms with E-state index in [0.717, 1.165) is 0 Å². The van der Waals surface area contributed by atoms with E-state index >= 15 is 0 Å². The fraction of sp³-hybridized carbons (Fsp3) is 0.0909. The highest BCUT2D eigenvalue weighted by atomic mass is 19.1. The number of benzene rings is 1. The monoisotopic (exact) mass is 192 g/mol. The highest BCUT2D eigenvalue weighted by Gasteiger charge is 2.10. The maximum Gasteiger partial charge on any atom is 0.123 e. The van der Waals surface area contributed by atoms with Crippen LogP contribution in [0.15, 0.2) is 47.3 Å². The minimum absolute atomic E-state index is 0.312. The molecule has 0 saturated carbocycles. The van der Waals surface area contributed by atoms with Gasteiger partial charge in [-0.25, -0.2) is 4.39 Å². The van der Waals surface area contributed by atoms with Crippen LogP contribution in [-0.4, -0.2) is 5.11 Å². The average Bonchev–Trinajstić information content (AvgIpc) is 2.71. The standard InChI is InChI=1S/C11H9FO2/c12-10-3-1-8(2-4-10)11(13)9-5-6-14-7-9/h1-7,11,13H. The molecule has 1 unspecified atom stereocenters. The van der Waals surface area contributed by atoms with Crippen LogP contribution in [0.5, 0.6) is 0 Å². The van der Waals surface area contributed by atoms with Gasteiger partial charge in [0.15, 0.2) is 0 Å². The summed E-state index contributed by atoms with van der Waals surface area (Å²) in [7, 11) is 0. The first kappa shape index (κ1) is 8.97. The van der Waals surface area contributed by atoms with E-state index in [-0.39, 0.29) is 5.82 Å². The molecule has 0 aliphatic carbocycles. The lowest BCUT2D eigenvalue weighted by atomic mass is 10.0. The molecular weight excluding hydrogens is 183 g/mol. The molecule has 72 valence electrons. The third-order valence-electron chi connectivity index (χ3n) is 2.04. The van der Waals surface area contributed by atoms with Crippen LogP contribution < -0.4 is 0 Å². The van der Waals surface area contributed by atoms with E-state index in [0.29, 0.717) is 11.1 Å². The van der Waals surface area contributed by atoms with Gasteiger partial charge in [0, 0.05) is 5.56 Å². The third kappa shape index (κ3) is 1.67. The zero-order valence-corrected chi connectivity index (χ0v) is 7.35. The van der Waals surface area contributed by atoms with Gasteiger partial charge in [-0.1, -0.05) is 12.1 Å². The van der Waals surface area contributed by atoms with Gasteiger partial charge in [0.1, 0.15) is 11.9 Å². The number of hydrogen-bond donors (Lipinski definition) is 1. The summed E-state index contributed by atoms with van der Waals surface area (Å²) in [6, 6.07) is 7.41. The SMILES string of the molecule is OC(c1ccc(F)cc1)c1ccoc1. The van der Waals surface area contributed by atoms with Crippen LogP contribution in [0.4, 0.5) is 4.39 Å². The fourth-order valence-corrected chi connectivity index (χ4v) is 1.27. The maximum atomic E-state index is 12.6. The summed E-state index contributed by atoms with van der Waals surface area (Å²) < 4.78 is 17.4. The average molecular weight is 192 g/mol. The van der Waals surface area contributed by atoms with E-state index in [1.54, 1.807) is 18.2 Å². The molecule has 0 spiro atoms. The molecule has 0 aliphatic heterocycles. The Morgan fingerprint density at radius 2 is 1.79 bits per heavy atom. The van der Waals surface area contributed by atoms with Crippen molar-refractivity contribution in [1.29, 1.82) is 0 Å². The van der Waals surface area contributed by atoms with Crippen molar-refractivity contribution in [2.75, 3.05) is 0 Å². The van der Waals surface area contributed by atoms with E-state index in [4.69, 9.17) is 4.42 Å². The lowest BCUT2D eigenvalue weighted by molar-refractivity contribution is 0.219. The highest BCUT2D eigenvalue weighted by Crippen LogP contribution is 2.21. The smallest absolute Gasteiger partial charge is 0.123 e. The molecule has 2 aromatic rings. The summed E-state index contributed by atoms with van der Waals surface area (Å²) in [6.07, 6.45) is 2.20. The van der Waals surface area contributed by atoms with Crippen molar-refractivity contribution in [1.82, 2.24) is 0 Å². The fourth-order valence-electron chi connectivity index (χ4n) is 1.27. The van der Waals surface area contributed by atoms with Crippen molar-refractivity contribution in [3.63, 3.8) is 0 Å². The number of aliphatic hydroxyl groups excluding tert-OH is 1. The molecular formula is C11H9FO2. The molecule has 2 rings (SSSR count). The van der Waals surface area contributed by atoms with Crippen molar-refractivity contribution >= 4 is 0 Å². The number of rotatable bonds is 2. The van der Waals surface area contributed by atoms with Crippen molar-refractivity contribution in [2.45, 2.75) is 6.10 Å². The molecule has 0 aliphatic rings. The Morgan fingerprint density at radius 1 is 1.07 bits per heavy atom. The molecule has 0 saturated heterocycles. The first-order valence-electron chi connectivity index (χ1n) is 4.23. The van der Waals surface area contributed by atoms with Crippen molar-refractivity contribution < 1.29 is 13.9 Å². The van der Waals surface area contributed by atoms with Crippen LogP contribution >= 0.6 is 0 Å². The summed E-state index contributed by atoms with van der Waals surface area (Å²) in [4.78, 5) is 0. The summed E-state index contributed by atoms with van der Waals surface area (Å²) in [5, 5.41) is 9.79. The maximum absolute atomic E-state index is 12.6. The van der Waals surface area contributed by atoms with E-state index in [1.165, 1.54) is 24.7 Å². The van der Waals surface area contributed by atoms with Gasteiger partial charge >= 0.3 is 0 Å². The second-order valence-electron chi connectivity index (χ2n) is 3.01. The van der Waals surface area contributed by atoms with Gasteiger partial charge < -0.3 is 9.52 Å². The molecule has 1 N–H and O–H groups in total. The quantitative estimate of drug-likeness (QED) is 0.793. The van der Waals surface area contributed by atoms with Crippen molar-refractivity contribution in [3.8, 4) is 0 Å². The predicted octanol–water partition coefficient (Wildman–Crippen LogP) is 2.50. The Hall–Kier alpha value is -1.61. The molecule has 14 heavy (non-hydrogen) atoms. The summed E-state index contributed by atoms with van der Waals surface area (Å²) >= 11 is 0. The second-order valence-corrected chi connectivity index (χ2v) is 3.01. The Morgan fingerprint density at radius 3 is 2.36 bits per heavy atom. The lowest BCUT2D eigenvalue weighted by Gasteiger charge is -2.07. The van der Waals surface area contributed by atoms with Crippen LogP contribution in [0, 0.1) is 5.82 Å². The molecule has 1 aromatic carbocycles. The summed E-state index contributed by atoms with van der Waals surface area (Å²) in [6.45, 7) is 0. The highest BCUT2D eigenvalue weighted by molar-refractivity contribution is 5.27. The normalized spacial score (nSPS) is 12.7. The topological polar surface area (TPSA) is 33.4 Å². The summed E-state index contributed by atoms with van der Waals surface area (Å²) in [5.41, 5.74) is 1.31. The molecule has 0 amide bonds. The number of hydrogen-bond acceptors (Lipinski definition) is 2. The van der Waals surface area contributed by atoms with Crippen LogP contribution in [0.1, 0.15) is 17.2 Å². The Bertz CT molecular complexity index is 392. The largest absolute Gasteiger partial charge is 0.472 e. The van der Waals surface area contributed by atoms with Crippen molar-refractivity contribution in [2.24, 2.45) is 0 Å². The second kappa shape index (κ2) is 3.64. The number of halogens is 1. The lowest BCUT2D eigenvalue weighted by Crippen LogP contribution is -1.97. The molecule has 1 atom stereocenters. The zero-order valence-electron chi connectivity index (χ0n) is 7.35. The zero-order chi connectivity index (χ0) is 9.97. The molecule has 3 heteroatoms. The van der Waals surface area contributed by atoms with Gasteiger partial charge in [0.05, 0.1) is 12.5 Å². The van der Waals surface area contributed by atoms with Gasteiger partial charge in [-0.3, -0.25) is 0 Å². The molecule has 2 nitrogen and oxygen atoms in total. The van der Waals surface area contributed by atoms with Gasteiger partial charge in [-0.15, -0.1) is 0 Å².